The van der Waals surface area contributed by atoms with Crippen molar-refractivity contribution >= 4 is 11.9 Å². The average Bonchev–Trinajstić information content (AvgIpc) is 2.73. The van der Waals surface area contributed by atoms with Crippen molar-refractivity contribution in [3.05, 3.63) is 65.2 Å². The van der Waals surface area contributed by atoms with E-state index in [4.69, 9.17) is 5.11 Å². The molecule has 6 nitrogen and oxygen atoms in total. The summed E-state index contributed by atoms with van der Waals surface area (Å²) >= 11 is 0. The van der Waals surface area contributed by atoms with E-state index in [1.165, 1.54) is 30.3 Å². The molecular formula is C23H25F3N2O4. The van der Waals surface area contributed by atoms with Crippen molar-refractivity contribution in [1.29, 1.82) is 0 Å². The summed E-state index contributed by atoms with van der Waals surface area (Å²) in [5.41, 5.74) is 1.58. The van der Waals surface area contributed by atoms with Crippen LogP contribution >= 0.6 is 0 Å². The van der Waals surface area contributed by atoms with Gasteiger partial charge in [-0.3, -0.25) is 9.69 Å². The molecule has 2 N–H and O–H groups in total. The Hall–Kier alpha value is -3.07. The van der Waals surface area contributed by atoms with Crippen LogP contribution in [0.2, 0.25) is 0 Å². The first kappa shape index (κ1) is 23.6. The molecule has 2 aromatic rings. The molecule has 32 heavy (non-hydrogen) atoms. The van der Waals surface area contributed by atoms with Gasteiger partial charge in [-0.15, -0.1) is 13.2 Å². The molecule has 1 aliphatic heterocycles. The number of hydrogen-bond donors (Lipinski definition) is 2. The number of likely N-dealkylation sites (tertiary alicyclic amines) is 1. The standard InChI is InChI=1S/C23H25F3N2O4/c1-15(17-8-10-18(11-9-17)22(30)31)27-21(29)20-7-2-3-12-28(20)14-16-5-4-6-19(13-16)32-23(24,25)26/h4-6,8-11,13,15,20H,2-3,7,12,14H2,1H3,(H,27,29)(H,30,31)/t15-,20?/m0/s1. The molecule has 1 saturated heterocycles. The molecule has 1 heterocycles. The Morgan fingerprint density at radius 3 is 2.56 bits per heavy atom. The van der Waals surface area contributed by atoms with Gasteiger partial charge in [0, 0.05) is 6.54 Å². The molecule has 0 saturated carbocycles. The quantitative estimate of drug-likeness (QED) is 0.649. The van der Waals surface area contributed by atoms with Crippen LogP contribution in [0.25, 0.3) is 0 Å². The van der Waals surface area contributed by atoms with Crippen molar-refractivity contribution in [1.82, 2.24) is 10.2 Å². The average molecular weight is 450 g/mol. The molecule has 1 fully saturated rings. The second-order valence-corrected chi connectivity index (χ2v) is 7.83. The fourth-order valence-corrected chi connectivity index (χ4v) is 3.86. The zero-order valence-electron chi connectivity index (χ0n) is 17.6. The summed E-state index contributed by atoms with van der Waals surface area (Å²) in [5.74, 6) is -1.47. The van der Waals surface area contributed by atoms with Crippen molar-refractivity contribution in [2.24, 2.45) is 0 Å². The zero-order chi connectivity index (χ0) is 23.3. The van der Waals surface area contributed by atoms with Gasteiger partial charge in [0.1, 0.15) is 5.75 Å². The first-order chi connectivity index (χ1) is 15.1. The number of benzene rings is 2. The van der Waals surface area contributed by atoms with Crippen LogP contribution in [0.3, 0.4) is 0 Å². The number of rotatable bonds is 7. The normalized spacial score (nSPS) is 18.1. The van der Waals surface area contributed by atoms with Crippen LogP contribution < -0.4 is 10.1 Å². The van der Waals surface area contributed by atoms with Crippen LogP contribution in [0.5, 0.6) is 5.75 Å². The molecule has 2 aromatic carbocycles. The van der Waals surface area contributed by atoms with E-state index < -0.39 is 18.4 Å². The number of piperidine rings is 1. The lowest BCUT2D eigenvalue weighted by Crippen LogP contribution is -2.49. The number of carbonyl (C=O) groups is 2. The third-order valence-electron chi connectivity index (χ3n) is 5.45. The van der Waals surface area contributed by atoms with Crippen LogP contribution in [0.1, 0.15) is 53.7 Å². The lowest BCUT2D eigenvalue weighted by Gasteiger charge is -2.35. The minimum Gasteiger partial charge on any atom is -0.478 e. The summed E-state index contributed by atoms with van der Waals surface area (Å²) in [7, 11) is 0. The molecule has 2 atom stereocenters. The number of carboxylic acids is 1. The van der Waals surface area contributed by atoms with E-state index in [1.807, 2.05) is 11.8 Å². The highest BCUT2D eigenvalue weighted by atomic mass is 19.4. The van der Waals surface area contributed by atoms with Crippen LogP contribution in [0.4, 0.5) is 13.2 Å². The monoisotopic (exact) mass is 450 g/mol. The zero-order valence-corrected chi connectivity index (χ0v) is 17.6. The predicted molar refractivity (Wildman–Crippen MR) is 111 cm³/mol. The fourth-order valence-electron chi connectivity index (χ4n) is 3.86. The predicted octanol–water partition coefficient (Wildman–Crippen LogP) is 4.52. The topological polar surface area (TPSA) is 78.9 Å². The highest BCUT2D eigenvalue weighted by molar-refractivity contribution is 5.87. The van der Waals surface area contributed by atoms with E-state index in [1.54, 1.807) is 18.2 Å². The van der Waals surface area contributed by atoms with Crippen molar-refractivity contribution < 1.29 is 32.6 Å². The Morgan fingerprint density at radius 1 is 1.19 bits per heavy atom. The van der Waals surface area contributed by atoms with Gasteiger partial charge in [-0.2, -0.15) is 0 Å². The van der Waals surface area contributed by atoms with Crippen LogP contribution in [0, 0.1) is 0 Å². The van der Waals surface area contributed by atoms with Gasteiger partial charge in [0.05, 0.1) is 17.6 Å². The highest BCUT2D eigenvalue weighted by Crippen LogP contribution is 2.26. The number of carboxylic acid groups (broad SMARTS) is 1. The molecule has 0 bridgehead atoms. The second-order valence-electron chi connectivity index (χ2n) is 7.83. The van der Waals surface area contributed by atoms with Gasteiger partial charge in [0.15, 0.2) is 0 Å². The largest absolute Gasteiger partial charge is 0.573 e. The summed E-state index contributed by atoms with van der Waals surface area (Å²) in [6.45, 7) is 2.80. The molecule has 172 valence electrons. The lowest BCUT2D eigenvalue weighted by atomic mass is 9.99. The number of nitrogens with zero attached hydrogens (tertiary/aromatic N) is 1. The van der Waals surface area contributed by atoms with Gasteiger partial charge in [-0.25, -0.2) is 4.79 Å². The van der Waals surface area contributed by atoms with E-state index in [9.17, 15) is 22.8 Å². The van der Waals surface area contributed by atoms with Crippen molar-refractivity contribution in [3.8, 4) is 5.75 Å². The van der Waals surface area contributed by atoms with E-state index in [2.05, 4.69) is 10.1 Å². The lowest BCUT2D eigenvalue weighted by molar-refractivity contribution is -0.274. The Morgan fingerprint density at radius 2 is 1.91 bits per heavy atom. The van der Waals surface area contributed by atoms with Gasteiger partial charge < -0.3 is 15.2 Å². The van der Waals surface area contributed by atoms with Crippen molar-refractivity contribution in [2.75, 3.05) is 6.54 Å². The molecule has 1 unspecified atom stereocenters. The van der Waals surface area contributed by atoms with Gasteiger partial charge in [-0.1, -0.05) is 30.7 Å². The van der Waals surface area contributed by atoms with E-state index >= 15 is 0 Å². The van der Waals surface area contributed by atoms with Gasteiger partial charge >= 0.3 is 12.3 Å². The molecule has 1 aliphatic rings. The highest BCUT2D eigenvalue weighted by Gasteiger charge is 2.32. The van der Waals surface area contributed by atoms with E-state index in [-0.39, 0.29) is 23.3 Å². The smallest absolute Gasteiger partial charge is 0.478 e. The number of aromatic carboxylic acids is 1. The maximum Gasteiger partial charge on any atom is 0.573 e. The van der Waals surface area contributed by atoms with Gasteiger partial charge in [0.2, 0.25) is 5.91 Å². The number of amides is 1. The third-order valence-corrected chi connectivity index (χ3v) is 5.45. The number of alkyl halides is 3. The number of carbonyl (C=O) groups excluding carboxylic acids is 1. The number of hydrogen-bond acceptors (Lipinski definition) is 4. The van der Waals surface area contributed by atoms with Crippen LogP contribution in [-0.4, -0.2) is 40.8 Å². The Kier molecular flexibility index (Phi) is 7.40. The van der Waals surface area contributed by atoms with Crippen LogP contribution in [-0.2, 0) is 11.3 Å². The Bertz CT molecular complexity index is 947. The maximum absolute atomic E-state index is 13.0. The summed E-state index contributed by atoms with van der Waals surface area (Å²) in [6, 6.07) is 11.4. The van der Waals surface area contributed by atoms with E-state index in [0.29, 0.717) is 25.1 Å². The first-order valence-electron chi connectivity index (χ1n) is 10.3. The molecule has 9 heteroatoms. The number of halogens is 3. The Balaban J connectivity index is 1.66. The van der Waals surface area contributed by atoms with Crippen LogP contribution in [0.15, 0.2) is 48.5 Å². The Labute approximate surface area is 184 Å². The molecule has 0 radical (unpaired) electrons. The summed E-state index contributed by atoms with van der Waals surface area (Å²) in [4.78, 5) is 26.0. The molecule has 0 aliphatic carbocycles. The number of ether oxygens (including phenoxy) is 1. The van der Waals surface area contributed by atoms with Gasteiger partial charge in [-0.05, 0) is 61.7 Å². The third kappa shape index (κ3) is 6.46. The maximum atomic E-state index is 13.0. The van der Waals surface area contributed by atoms with Crippen molar-refractivity contribution in [3.63, 3.8) is 0 Å². The summed E-state index contributed by atoms with van der Waals surface area (Å²) in [5, 5.41) is 12.0. The van der Waals surface area contributed by atoms with Crippen molar-refractivity contribution in [2.45, 2.75) is 51.2 Å². The first-order valence-corrected chi connectivity index (χ1v) is 10.3. The number of nitrogens with one attached hydrogen (secondary N) is 1. The van der Waals surface area contributed by atoms with E-state index in [0.717, 1.165) is 18.4 Å². The summed E-state index contributed by atoms with van der Waals surface area (Å²) in [6.07, 6.45) is -2.33. The molecule has 3 rings (SSSR count). The molecule has 0 spiro atoms. The molecule has 0 aromatic heterocycles. The minimum absolute atomic E-state index is 0.165. The van der Waals surface area contributed by atoms with Gasteiger partial charge in [0.25, 0.3) is 0 Å². The second kappa shape index (κ2) is 10.0. The molecular weight excluding hydrogens is 425 g/mol. The fraction of sp³-hybridized carbons (Fsp3) is 0.391. The minimum atomic E-state index is -4.76. The summed E-state index contributed by atoms with van der Waals surface area (Å²) < 4.78 is 41.5. The molecule has 1 amide bonds. The SMILES string of the molecule is C[C@H](NC(=O)C1CCCCN1Cc1cccc(OC(F)(F)F)c1)c1ccc(C(=O)O)cc1.